The molecule has 1 aliphatic rings. The number of aliphatic carboxylic acids is 1. The number of aromatic nitrogens is 1. The van der Waals surface area contributed by atoms with Crippen LogP contribution in [0.3, 0.4) is 0 Å². The van der Waals surface area contributed by atoms with Gasteiger partial charge < -0.3 is 14.6 Å². The van der Waals surface area contributed by atoms with E-state index in [0.29, 0.717) is 11.1 Å². The van der Waals surface area contributed by atoms with Gasteiger partial charge in [-0.25, -0.2) is 4.79 Å². The summed E-state index contributed by atoms with van der Waals surface area (Å²) < 4.78 is 1.97. The number of benzene rings is 1. The second kappa shape index (κ2) is 4.77. The van der Waals surface area contributed by atoms with Crippen molar-refractivity contribution in [1.82, 2.24) is 9.47 Å². The molecule has 21 heavy (non-hydrogen) atoms. The number of fused-ring (bicyclic) bond motifs is 1. The molecule has 0 fully saturated rings. The minimum absolute atomic E-state index is 0.225. The number of aryl methyl sites for hydroxylation is 1. The van der Waals surface area contributed by atoms with Gasteiger partial charge in [-0.1, -0.05) is 18.2 Å². The number of nitrogens with zero attached hydrogens (tertiary/aromatic N) is 2. The summed E-state index contributed by atoms with van der Waals surface area (Å²) in [6.45, 7) is 2.26. The van der Waals surface area contributed by atoms with Crippen molar-refractivity contribution in [3.05, 3.63) is 58.9 Å². The molecule has 0 radical (unpaired) electrons. The first-order valence-corrected chi connectivity index (χ1v) is 6.74. The molecule has 0 spiro atoms. The molecule has 2 aromatic rings. The van der Waals surface area contributed by atoms with Gasteiger partial charge in [-0.3, -0.25) is 4.79 Å². The van der Waals surface area contributed by atoms with Gasteiger partial charge in [0.1, 0.15) is 0 Å². The van der Waals surface area contributed by atoms with Gasteiger partial charge in [-0.15, -0.1) is 0 Å². The Bertz CT molecular complexity index is 733. The van der Waals surface area contributed by atoms with Crippen LogP contribution in [-0.2, 0) is 18.4 Å². The van der Waals surface area contributed by atoms with Gasteiger partial charge >= 0.3 is 5.97 Å². The number of hydrogen-bond acceptors (Lipinski definition) is 2. The maximum Gasteiger partial charge on any atom is 0.331 e. The van der Waals surface area contributed by atoms with E-state index in [4.69, 9.17) is 0 Å². The lowest BCUT2D eigenvalue weighted by Gasteiger charge is -2.22. The summed E-state index contributed by atoms with van der Waals surface area (Å²) in [5, 5.41) is 9.50. The largest absolute Gasteiger partial charge is 0.479 e. The molecule has 1 amide bonds. The van der Waals surface area contributed by atoms with E-state index in [1.165, 1.54) is 4.90 Å². The minimum atomic E-state index is -1.00. The zero-order valence-electron chi connectivity index (χ0n) is 11.9. The molecule has 1 unspecified atom stereocenters. The number of carboxylic acid groups (broad SMARTS) is 1. The van der Waals surface area contributed by atoms with Crippen molar-refractivity contribution < 1.29 is 14.7 Å². The van der Waals surface area contributed by atoms with Crippen LogP contribution < -0.4 is 0 Å². The fourth-order valence-electron chi connectivity index (χ4n) is 2.80. The fourth-order valence-corrected chi connectivity index (χ4v) is 2.80. The van der Waals surface area contributed by atoms with Crippen LogP contribution in [0.5, 0.6) is 0 Å². The highest BCUT2D eigenvalue weighted by Crippen LogP contribution is 2.34. The number of hydrogen-bond donors (Lipinski definition) is 1. The van der Waals surface area contributed by atoms with Crippen molar-refractivity contribution in [2.75, 3.05) is 0 Å². The number of carbonyl (C=O) groups is 2. The number of carboxylic acids is 1. The average Bonchev–Trinajstić information content (AvgIpc) is 2.92. The van der Waals surface area contributed by atoms with E-state index in [0.717, 1.165) is 11.4 Å². The predicted octanol–water partition coefficient (Wildman–Crippen LogP) is 2.12. The van der Waals surface area contributed by atoms with Crippen LogP contribution >= 0.6 is 0 Å². The minimum Gasteiger partial charge on any atom is -0.479 e. The predicted molar refractivity (Wildman–Crippen MR) is 76.8 cm³/mol. The van der Waals surface area contributed by atoms with Crippen LogP contribution in [0.15, 0.2) is 36.4 Å². The van der Waals surface area contributed by atoms with E-state index >= 15 is 0 Å². The molecule has 1 aromatic heterocycles. The molecule has 1 aromatic carbocycles. The summed E-state index contributed by atoms with van der Waals surface area (Å²) >= 11 is 0. The van der Waals surface area contributed by atoms with E-state index in [-0.39, 0.29) is 12.5 Å². The smallest absolute Gasteiger partial charge is 0.331 e. The molecule has 0 bridgehead atoms. The average molecular weight is 284 g/mol. The van der Waals surface area contributed by atoms with Crippen molar-refractivity contribution >= 4 is 11.9 Å². The Morgan fingerprint density at radius 2 is 1.95 bits per heavy atom. The molecule has 0 aliphatic carbocycles. The van der Waals surface area contributed by atoms with Gasteiger partial charge in [0.2, 0.25) is 0 Å². The molecule has 1 N–H and O–H groups in total. The van der Waals surface area contributed by atoms with Crippen LogP contribution in [-0.4, -0.2) is 26.5 Å². The van der Waals surface area contributed by atoms with Crippen molar-refractivity contribution in [2.24, 2.45) is 7.05 Å². The molecular formula is C16H16N2O3. The van der Waals surface area contributed by atoms with Crippen molar-refractivity contribution in [2.45, 2.75) is 19.5 Å². The highest BCUT2D eigenvalue weighted by molar-refractivity contribution is 6.03. The summed E-state index contributed by atoms with van der Waals surface area (Å²) in [5.74, 6) is -1.23. The van der Waals surface area contributed by atoms with Gasteiger partial charge in [-0.05, 0) is 30.7 Å². The van der Waals surface area contributed by atoms with E-state index in [1.54, 1.807) is 24.3 Å². The maximum absolute atomic E-state index is 12.5. The Morgan fingerprint density at radius 1 is 1.24 bits per heavy atom. The fraction of sp³-hybridized carbons (Fsp3) is 0.250. The topological polar surface area (TPSA) is 62.5 Å². The maximum atomic E-state index is 12.5. The Balaban J connectivity index is 2.01. The Kier molecular flexibility index (Phi) is 3.05. The van der Waals surface area contributed by atoms with Crippen molar-refractivity contribution in [3.8, 4) is 0 Å². The molecule has 3 rings (SSSR count). The molecule has 1 atom stereocenters. The quantitative estimate of drug-likeness (QED) is 0.939. The van der Waals surface area contributed by atoms with E-state index in [9.17, 15) is 14.7 Å². The third-order valence-electron chi connectivity index (χ3n) is 4.10. The van der Waals surface area contributed by atoms with Crippen LogP contribution in [0.1, 0.15) is 33.4 Å². The van der Waals surface area contributed by atoms with Gasteiger partial charge in [0.15, 0.2) is 6.04 Å². The van der Waals surface area contributed by atoms with Gasteiger partial charge in [-0.2, -0.15) is 0 Å². The standard InChI is InChI=1S/C16H16N2O3/c1-10-7-8-11(17(10)2)9-18-14(16(20)21)12-5-3-4-6-13(12)15(18)19/h3-8,14H,9H2,1-2H3,(H,20,21). The van der Waals surface area contributed by atoms with Crippen molar-refractivity contribution in [1.29, 1.82) is 0 Å². The zero-order chi connectivity index (χ0) is 15.1. The second-order valence-electron chi connectivity index (χ2n) is 5.29. The lowest BCUT2D eigenvalue weighted by molar-refractivity contribution is -0.142. The second-order valence-corrected chi connectivity index (χ2v) is 5.29. The van der Waals surface area contributed by atoms with E-state index in [2.05, 4.69) is 0 Å². The van der Waals surface area contributed by atoms with Crippen LogP contribution in [0.25, 0.3) is 0 Å². The molecule has 5 nitrogen and oxygen atoms in total. The van der Waals surface area contributed by atoms with Gasteiger partial charge in [0, 0.05) is 24.0 Å². The lowest BCUT2D eigenvalue weighted by Crippen LogP contribution is -2.32. The molecule has 1 aliphatic heterocycles. The molecule has 0 saturated heterocycles. The van der Waals surface area contributed by atoms with Gasteiger partial charge in [0.05, 0.1) is 6.54 Å². The summed E-state index contributed by atoms with van der Waals surface area (Å²) in [5.41, 5.74) is 3.04. The first-order chi connectivity index (χ1) is 10.0. The Morgan fingerprint density at radius 3 is 2.57 bits per heavy atom. The zero-order valence-corrected chi connectivity index (χ0v) is 11.9. The van der Waals surface area contributed by atoms with E-state index < -0.39 is 12.0 Å². The Hall–Kier alpha value is -2.56. The summed E-state index contributed by atoms with van der Waals surface area (Å²) in [6, 6.07) is 9.88. The summed E-state index contributed by atoms with van der Waals surface area (Å²) in [4.78, 5) is 25.5. The van der Waals surface area contributed by atoms with Gasteiger partial charge in [0.25, 0.3) is 5.91 Å². The monoisotopic (exact) mass is 284 g/mol. The number of rotatable bonds is 3. The van der Waals surface area contributed by atoms with Crippen molar-refractivity contribution in [3.63, 3.8) is 0 Å². The summed E-state index contributed by atoms with van der Waals surface area (Å²) in [7, 11) is 1.91. The molecule has 0 saturated carbocycles. The lowest BCUT2D eigenvalue weighted by atomic mass is 10.1. The highest BCUT2D eigenvalue weighted by atomic mass is 16.4. The number of amides is 1. The van der Waals surface area contributed by atoms with Crippen LogP contribution in [0.2, 0.25) is 0 Å². The first-order valence-electron chi connectivity index (χ1n) is 6.74. The summed E-state index contributed by atoms with van der Waals surface area (Å²) in [6.07, 6.45) is 0. The normalized spacial score (nSPS) is 17.1. The third kappa shape index (κ3) is 2.01. The molecular weight excluding hydrogens is 268 g/mol. The molecule has 5 heteroatoms. The van der Waals surface area contributed by atoms with E-state index in [1.807, 2.05) is 30.7 Å². The SMILES string of the molecule is Cc1ccc(CN2C(=O)c3ccccc3C2C(=O)O)n1C. The first kappa shape index (κ1) is 13.4. The highest BCUT2D eigenvalue weighted by Gasteiger charge is 2.41. The Labute approximate surface area is 122 Å². The van der Waals surface area contributed by atoms with Crippen LogP contribution in [0, 0.1) is 6.92 Å². The number of carbonyl (C=O) groups excluding carboxylic acids is 1. The molecule has 108 valence electrons. The molecule has 2 heterocycles. The van der Waals surface area contributed by atoms with Crippen LogP contribution in [0.4, 0.5) is 0 Å². The third-order valence-corrected chi connectivity index (χ3v) is 4.10.